The molecule has 0 aliphatic heterocycles. The van der Waals surface area contributed by atoms with E-state index in [-0.39, 0.29) is 12.3 Å². The highest BCUT2D eigenvalue weighted by molar-refractivity contribution is 9.10. The summed E-state index contributed by atoms with van der Waals surface area (Å²) < 4.78 is 5.98. The summed E-state index contributed by atoms with van der Waals surface area (Å²) in [5.41, 5.74) is 1.48. The molecule has 0 saturated heterocycles. The molecule has 2 N–H and O–H groups in total. The van der Waals surface area contributed by atoms with Crippen molar-refractivity contribution in [2.75, 3.05) is 12.4 Å². The summed E-state index contributed by atoms with van der Waals surface area (Å²) >= 11 is 3.34. The van der Waals surface area contributed by atoms with Gasteiger partial charge < -0.3 is 15.2 Å². The first-order valence-electron chi connectivity index (χ1n) is 7.39. The molecular formula is C18H18BrNO4. The first-order chi connectivity index (χ1) is 11.5. The predicted molar refractivity (Wildman–Crippen MR) is 95.2 cm³/mol. The Kier molecular flexibility index (Phi) is 6.37. The van der Waals surface area contributed by atoms with Crippen molar-refractivity contribution in [2.45, 2.75) is 12.8 Å². The fourth-order valence-corrected chi connectivity index (χ4v) is 2.53. The van der Waals surface area contributed by atoms with Crippen LogP contribution >= 0.6 is 15.9 Å². The van der Waals surface area contributed by atoms with Crippen molar-refractivity contribution < 1.29 is 19.4 Å². The molecule has 0 fully saturated rings. The first kappa shape index (κ1) is 18.0. The van der Waals surface area contributed by atoms with Crippen LogP contribution in [0.25, 0.3) is 0 Å². The summed E-state index contributed by atoms with van der Waals surface area (Å²) in [6.45, 7) is 0. The maximum absolute atomic E-state index is 12.1. The van der Waals surface area contributed by atoms with Crippen molar-refractivity contribution in [1.82, 2.24) is 0 Å². The number of rotatable bonds is 7. The zero-order valence-corrected chi connectivity index (χ0v) is 14.7. The molecule has 2 aromatic rings. The third-order valence-corrected chi connectivity index (χ3v) is 4.08. The summed E-state index contributed by atoms with van der Waals surface area (Å²) in [7, 11) is 1.56. The second-order valence-electron chi connectivity index (χ2n) is 5.35. The summed E-state index contributed by atoms with van der Waals surface area (Å²) in [6.07, 6.45) is 0.218. The molecule has 0 radical (unpaired) electrons. The van der Waals surface area contributed by atoms with Crippen molar-refractivity contribution in [3.05, 3.63) is 58.6 Å². The van der Waals surface area contributed by atoms with Crippen LogP contribution in [0.4, 0.5) is 5.69 Å². The number of benzene rings is 2. The quantitative estimate of drug-likeness (QED) is 0.753. The Balaban J connectivity index is 1.97. The third-order valence-electron chi connectivity index (χ3n) is 3.55. The van der Waals surface area contributed by atoms with Gasteiger partial charge in [-0.1, -0.05) is 28.1 Å². The van der Waals surface area contributed by atoms with Crippen LogP contribution in [0.2, 0.25) is 0 Å². The molecule has 0 saturated carbocycles. The molecule has 0 aliphatic carbocycles. The van der Waals surface area contributed by atoms with Gasteiger partial charge in [0.05, 0.1) is 13.0 Å². The van der Waals surface area contributed by atoms with Crippen molar-refractivity contribution in [3.63, 3.8) is 0 Å². The largest absolute Gasteiger partial charge is 0.497 e. The normalized spacial score (nSPS) is 11.6. The lowest BCUT2D eigenvalue weighted by molar-refractivity contribution is -0.143. The predicted octanol–water partition coefficient (Wildman–Crippen LogP) is 3.73. The van der Waals surface area contributed by atoms with Gasteiger partial charge in [-0.25, -0.2) is 0 Å². The Morgan fingerprint density at radius 1 is 1.12 bits per heavy atom. The highest BCUT2D eigenvalue weighted by Gasteiger charge is 2.21. The SMILES string of the molecule is COc1ccc(NC(=O)C[C@@H](Cc2ccc(Br)cc2)C(=O)O)cc1. The maximum Gasteiger partial charge on any atom is 0.307 e. The lowest BCUT2D eigenvalue weighted by Gasteiger charge is -2.13. The van der Waals surface area contributed by atoms with E-state index in [0.717, 1.165) is 10.0 Å². The van der Waals surface area contributed by atoms with Crippen LogP contribution in [0, 0.1) is 5.92 Å². The molecule has 5 nitrogen and oxygen atoms in total. The Labute approximate surface area is 148 Å². The number of ether oxygens (including phenoxy) is 1. The first-order valence-corrected chi connectivity index (χ1v) is 8.18. The molecule has 2 rings (SSSR count). The molecule has 0 unspecified atom stereocenters. The number of carboxylic acid groups (broad SMARTS) is 1. The van der Waals surface area contributed by atoms with Crippen LogP contribution in [0.3, 0.4) is 0 Å². The van der Waals surface area contributed by atoms with Gasteiger partial charge in [0.25, 0.3) is 0 Å². The number of hydrogen-bond donors (Lipinski definition) is 2. The molecular weight excluding hydrogens is 374 g/mol. The molecule has 0 heterocycles. The molecule has 6 heteroatoms. The molecule has 0 spiro atoms. The number of nitrogens with one attached hydrogen (secondary N) is 1. The third kappa shape index (κ3) is 5.38. The smallest absolute Gasteiger partial charge is 0.307 e. The lowest BCUT2D eigenvalue weighted by atomic mass is 9.96. The second-order valence-corrected chi connectivity index (χ2v) is 6.26. The van der Waals surface area contributed by atoms with Crippen molar-refractivity contribution in [2.24, 2.45) is 5.92 Å². The van der Waals surface area contributed by atoms with Crippen LogP contribution in [-0.2, 0) is 16.0 Å². The molecule has 2 aromatic carbocycles. The van der Waals surface area contributed by atoms with E-state index in [1.807, 2.05) is 24.3 Å². The number of halogens is 1. The minimum absolute atomic E-state index is 0.0859. The van der Waals surface area contributed by atoms with E-state index in [0.29, 0.717) is 17.9 Å². The number of carboxylic acids is 1. The molecule has 0 aromatic heterocycles. The standard InChI is InChI=1S/C18H18BrNO4/c1-24-16-8-6-15(7-9-16)20-17(21)11-13(18(22)23)10-12-2-4-14(19)5-3-12/h2-9,13H,10-11H2,1H3,(H,20,21)(H,22,23)/t13-/m1/s1. The number of carbonyl (C=O) groups excluding carboxylic acids is 1. The number of aliphatic carboxylic acids is 1. The van der Waals surface area contributed by atoms with Gasteiger partial charge >= 0.3 is 5.97 Å². The zero-order chi connectivity index (χ0) is 17.5. The number of anilines is 1. The summed E-state index contributed by atoms with van der Waals surface area (Å²) in [5.74, 6) is -1.40. The van der Waals surface area contributed by atoms with Crippen LogP contribution in [0.15, 0.2) is 53.0 Å². The minimum Gasteiger partial charge on any atom is -0.497 e. The topological polar surface area (TPSA) is 75.6 Å². The van der Waals surface area contributed by atoms with Crippen LogP contribution in [-0.4, -0.2) is 24.1 Å². The van der Waals surface area contributed by atoms with E-state index in [2.05, 4.69) is 21.2 Å². The fraction of sp³-hybridized carbons (Fsp3) is 0.222. The number of carbonyl (C=O) groups is 2. The van der Waals surface area contributed by atoms with Crippen LogP contribution in [0.5, 0.6) is 5.75 Å². The molecule has 0 bridgehead atoms. The molecule has 126 valence electrons. The van der Waals surface area contributed by atoms with E-state index >= 15 is 0 Å². The Morgan fingerprint density at radius 3 is 2.29 bits per heavy atom. The van der Waals surface area contributed by atoms with Crippen molar-refractivity contribution in [3.8, 4) is 5.75 Å². The van der Waals surface area contributed by atoms with Gasteiger partial charge in [0.2, 0.25) is 5.91 Å². The van der Waals surface area contributed by atoms with E-state index in [1.165, 1.54) is 0 Å². The van der Waals surface area contributed by atoms with E-state index in [1.54, 1.807) is 31.4 Å². The highest BCUT2D eigenvalue weighted by Crippen LogP contribution is 2.19. The van der Waals surface area contributed by atoms with E-state index in [9.17, 15) is 14.7 Å². The Hall–Kier alpha value is -2.34. The zero-order valence-electron chi connectivity index (χ0n) is 13.2. The second kappa shape index (κ2) is 8.49. The molecule has 24 heavy (non-hydrogen) atoms. The van der Waals surface area contributed by atoms with E-state index in [4.69, 9.17) is 4.74 Å². The van der Waals surface area contributed by atoms with Gasteiger partial charge in [0.1, 0.15) is 5.75 Å². The van der Waals surface area contributed by atoms with Gasteiger partial charge in [-0.05, 0) is 48.4 Å². The van der Waals surface area contributed by atoms with Gasteiger partial charge in [0.15, 0.2) is 0 Å². The Bertz CT molecular complexity index is 698. The summed E-state index contributed by atoms with van der Waals surface area (Å²) in [5, 5.41) is 12.1. The lowest BCUT2D eigenvalue weighted by Crippen LogP contribution is -2.24. The summed E-state index contributed by atoms with van der Waals surface area (Å²) in [4.78, 5) is 23.5. The molecule has 0 aliphatic rings. The van der Waals surface area contributed by atoms with Gasteiger partial charge in [-0.15, -0.1) is 0 Å². The molecule has 1 atom stereocenters. The van der Waals surface area contributed by atoms with Crippen LogP contribution in [0.1, 0.15) is 12.0 Å². The van der Waals surface area contributed by atoms with Gasteiger partial charge in [-0.2, -0.15) is 0 Å². The summed E-state index contributed by atoms with van der Waals surface area (Å²) in [6, 6.07) is 14.3. The average Bonchev–Trinajstić information content (AvgIpc) is 2.56. The number of hydrogen-bond acceptors (Lipinski definition) is 3. The van der Waals surface area contributed by atoms with Crippen molar-refractivity contribution >= 4 is 33.5 Å². The molecule has 1 amide bonds. The van der Waals surface area contributed by atoms with Crippen LogP contribution < -0.4 is 10.1 Å². The highest BCUT2D eigenvalue weighted by atomic mass is 79.9. The maximum atomic E-state index is 12.1. The minimum atomic E-state index is -0.984. The average molecular weight is 392 g/mol. The van der Waals surface area contributed by atoms with E-state index < -0.39 is 11.9 Å². The van der Waals surface area contributed by atoms with Gasteiger partial charge in [0, 0.05) is 16.6 Å². The fourth-order valence-electron chi connectivity index (χ4n) is 2.26. The Morgan fingerprint density at radius 2 is 1.75 bits per heavy atom. The number of methoxy groups -OCH3 is 1. The monoisotopic (exact) mass is 391 g/mol. The van der Waals surface area contributed by atoms with Crippen molar-refractivity contribution in [1.29, 1.82) is 0 Å². The van der Waals surface area contributed by atoms with Gasteiger partial charge in [-0.3, -0.25) is 9.59 Å². The number of amides is 1.